The summed E-state index contributed by atoms with van der Waals surface area (Å²) in [6, 6.07) is 4.93. The molecule has 3 aromatic heterocycles. The lowest BCUT2D eigenvalue weighted by Crippen LogP contribution is -2.62. The molecule has 0 aliphatic carbocycles. The minimum Gasteiger partial charge on any atom is -0.464 e. The Morgan fingerprint density at radius 3 is 2.62 bits per heavy atom. The molecule has 1 spiro atoms. The van der Waals surface area contributed by atoms with E-state index in [0.29, 0.717) is 128 Å². The Hall–Kier alpha value is -5.23. The SMILES string of the molecule is CO[C@@H](C)c1ncc(N2CCN3CCOC[C@@H]3C2)cc1-c1c2c3cc(ccc3n1CC(F)(F)F)-c1csc(n1)C[C@H](NC(=O)C(C(C)C)N1CC[C@]3(CCN(C(=O)[C@H]4CN4)C3)C1)C(=O)N1CCC[C@H](N1)C(=O)OCC(C)(C)C2. The van der Waals surface area contributed by atoms with E-state index in [9.17, 15) is 19.2 Å². The van der Waals surface area contributed by atoms with Crippen LogP contribution in [0.5, 0.6) is 0 Å². The first kappa shape index (κ1) is 54.7. The van der Waals surface area contributed by atoms with Crippen molar-refractivity contribution in [1.82, 2.24) is 50.3 Å². The number of alkyl halides is 3. The number of aromatic nitrogens is 3. The maximum atomic E-state index is 15.2. The van der Waals surface area contributed by atoms with Crippen LogP contribution in [-0.4, -0.2) is 187 Å². The lowest BCUT2D eigenvalue weighted by Gasteiger charge is -2.44. The largest absolute Gasteiger partial charge is 0.464 e. The molecular formula is C56H74F3N11O7S. The molecule has 6 saturated heterocycles. The minimum atomic E-state index is -4.62. The minimum absolute atomic E-state index is 0.0456. The van der Waals surface area contributed by atoms with Crippen molar-refractivity contribution in [2.45, 2.75) is 122 Å². The number of esters is 1. The molecule has 10 heterocycles. The van der Waals surface area contributed by atoms with E-state index < -0.39 is 54.2 Å². The topological polar surface area (TPSA) is 189 Å². The van der Waals surface area contributed by atoms with Crippen molar-refractivity contribution in [2.75, 3.05) is 97.3 Å². The molecule has 7 aliphatic heterocycles. The van der Waals surface area contributed by atoms with Gasteiger partial charge in [0.2, 0.25) is 11.8 Å². The molecule has 6 bridgehead atoms. The van der Waals surface area contributed by atoms with Crippen molar-refractivity contribution in [1.29, 1.82) is 0 Å². The van der Waals surface area contributed by atoms with E-state index in [1.165, 1.54) is 20.9 Å². The van der Waals surface area contributed by atoms with Gasteiger partial charge in [0, 0.05) is 111 Å². The third-order valence-electron chi connectivity index (χ3n) is 17.3. The lowest BCUT2D eigenvalue weighted by molar-refractivity contribution is -0.155. The molecule has 0 saturated carbocycles. The average molecular weight is 1100 g/mol. The Bertz CT molecular complexity index is 2930. The second-order valence-corrected chi connectivity index (χ2v) is 25.0. The number of thiazole rings is 1. The normalized spacial score (nSPS) is 27.0. The summed E-state index contributed by atoms with van der Waals surface area (Å²) in [7, 11) is 1.56. The van der Waals surface area contributed by atoms with Crippen LogP contribution in [0.4, 0.5) is 18.9 Å². The predicted octanol–water partition coefficient (Wildman–Crippen LogP) is 5.19. The lowest BCUT2D eigenvalue weighted by atomic mass is 9.84. The van der Waals surface area contributed by atoms with Gasteiger partial charge in [0.25, 0.3) is 5.91 Å². The molecule has 6 fully saturated rings. The Balaban J connectivity index is 0.966. The number of nitrogens with zero attached hydrogens (tertiary/aromatic N) is 8. The van der Waals surface area contributed by atoms with Gasteiger partial charge in [0.15, 0.2) is 0 Å². The summed E-state index contributed by atoms with van der Waals surface area (Å²) >= 11 is 1.34. The number of ether oxygens (including phenoxy) is 3. The average Bonchev–Trinajstić information content (AvgIpc) is 3.96. The van der Waals surface area contributed by atoms with Gasteiger partial charge in [0.1, 0.15) is 18.6 Å². The van der Waals surface area contributed by atoms with Gasteiger partial charge in [-0.25, -0.2) is 10.4 Å². The van der Waals surface area contributed by atoms with E-state index in [1.54, 1.807) is 25.4 Å². The monoisotopic (exact) mass is 1100 g/mol. The van der Waals surface area contributed by atoms with Gasteiger partial charge in [-0.05, 0) is 75.3 Å². The smallest absolute Gasteiger partial charge is 0.406 e. The van der Waals surface area contributed by atoms with Crippen molar-refractivity contribution < 1.29 is 46.6 Å². The van der Waals surface area contributed by atoms with Crippen molar-refractivity contribution in [3.63, 3.8) is 0 Å². The molecule has 22 heteroatoms. The number of nitrogens with one attached hydrogen (secondary N) is 3. The van der Waals surface area contributed by atoms with Crippen LogP contribution in [0.15, 0.2) is 35.8 Å². The standard InChI is InChI=1S/C56H74F3N11O7S/c1-33(2)48(67-14-11-55(29-67)12-15-68(30-55)51(72)43-25-60-43)50(71)63-42-22-46-62-44(28-78-46)35-9-10-45-38(20-35)40(23-54(4,5)32-77-53(74)41-8-7-13-70(64-41)52(42)73)49(69(45)31-56(57,58)59)39-21-36(24-61-47(39)34(3)75-6)66-17-16-65-18-19-76-27-37(65)26-66/h9-10,20-21,24,28,33-34,37,41-43,48,60,64H,7-8,11-19,22-23,25-27,29-32H2,1-6H3,(H,63,71)/t34-,37-,41-,42-,43+,48?,55-/m0/s1. The third kappa shape index (κ3) is 11.3. The molecule has 422 valence electrons. The van der Waals surface area contributed by atoms with Crippen LogP contribution in [0.2, 0.25) is 0 Å². The van der Waals surface area contributed by atoms with Crippen LogP contribution < -0.4 is 21.0 Å². The van der Waals surface area contributed by atoms with Gasteiger partial charge in [-0.15, -0.1) is 11.3 Å². The molecule has 1 unspecified atom stereocenters. The zero-order chi connectivity index (χ0) is 54.8. The van der Waals surface area contributed by atoms with Crippen molar-refractivity contribution in [3.05, 3.63) is 52.1 Å². The second kappa shape index (κ2) is 21.7. The summed E-state index contributed by atoms with van der Waals surface area (Å²) < 4.78 is 64.8. The number of benzene rings is 1. The number of piperazine rings is 1. The third-order valence-corrected chi connectivity index (χ3v) is 18.1. The summed E-state index contributed by atoms with van der Waals surface area (Å²) in [5, 5.41) is 10.8. The van der Waals surface area contributed by atoms with Crippen LogP contribution in [0.3, 0.4) is 0 Å². The van der Waals surface area contributed by atoms with Crippen molar-refractivity contribution in [3.8, 4) is 22.5 Å². The number of carbonyl (C=O) groups is 4. The Labute approximate surface area is 457 Å². The Kier molecular flexibility index (Phi) is 15.2. The fourth-order valence-corrected chi connectivity index (χ4v) is 13.9. The number of cyclic esters (lactones) is 1. The highest BCUT2D eigenvalue weighted by molar-refractivity contribution is 7.10. The number of rotatable bonds is 10. The highest BCUT2D eigenvalue weighted by Gasteiger charge is 2.50. The number of hydrogen-bond donors (Lipinski definition) is 3. The number of anilines is 1. The number of hydrogen-bond acceptors (Lipinski definition) is 15. The molecule has 11 rings (SSSR count). The molecule has 7 atom stereocenters. The highest BCUT2D eigenvalue weighted by Crippen LogP contribution is 2.45. The van der Waals surface area contributed by atoms with Crippen LogP contribution in [0, 0.1) is 16.7 Å². The summed E-state index contributed by atoms with van der Waals surface area (Å²) in [4.78, 5) is 75.7. The van der Waals surface area contributed by atoms with E-state index in [2.05, 4.69) is 30.8 Å². The number of pyridine rings is 1. The molecule has 7 aliphatic rings. The van der Waals surface area contributed by atoms with E-state index in [0.717, 1.165) is 31.6 Å². The molecular weight excluding hydrogens is 1030 g/mol. The highest BCUT2D eigenvalue weighted by atomic mass is 32.1. The fraction of sp³-hybridized carbons (Fsp3) is 0.643. The van der Waals surface area contributed by atoms with Crippen molar-refractivity contribution in [2.24, 2.45) is 16.7 Å². The summed E-state index contributed by atoms with van der Waals surface area (Å²) in [5.41, 5.74) is 6.60. The molecule has 1 aromatic carbocycles. The molecule has 18 nitrogen and oxygen atoms in total. The second-order valence-electron chi connectivity index (χ2n) is 24.0. The first-order chi connectivity index (χ1) is 37.3. The number of hydrazine groups is 1. The maximum Gasteiger partial charge on any atom is 0.406 e. The number of morpholine rings is 1. The fourth-order valence-electron chi connectivity index (χ4n) is 13.0. The van der Waals surface area contributed by atoms with Gasteiger partial charge >= 0.3 is 12.1 Å². The molecule has 4 aromatic rings. The molecule has 78 heavy (non-hydrogen) atoms. The summed E-state index contributed by atoms with van der Waals surface area (Å²) in [5.74, 6) is -1.22. The van der Waals surface area contributed by atoms with E-state index in [1.807, 2.05) is 57.0 Å². The predicted molar refractivity (Wildman–Crippen MR) is 288 cm³/mol. The maximum absolute atomic E-state index is 15.2. The Morgan fingerprint density at radius 1 is 1.04 bits per heavy atom. The van der Waals surface area contributed by atoms with E-state index in [4.69, 9.17) is 24.2 Å². The number of carbonyl (C=O) groups excluding carboxylic acids is 4. The molecule has 3 N–H and O–H groups in total. The van der Waals surface area contributed by atoms with Gasteiger partial charge in [-0.2, -0.15) is 13.2 Å². The zero-order valence-electron chi connectivity index (χ0n) is 45.6. The number of amides is 3. The number of halogens is 3. The van der Waals surface area contributed by atoms with Gasteiger partial charge in [-0.1, -0.05) is 33.8 Å². The quantitative estimate of drug-likeness (QED) is 0.139. The van der Waals surface area contributed by atoms with Gasteiger partial charge < -0.3 is 39.2 Å². The van der Waals surface area contributed by atoms with Crippen LogP contribution in [-0.2, 0) is 52.8 Å². The number of methoxy groups -OCH3 is 1. The zero-order valence-corrected chi connectivity index (χ0v) is 46.4. The molecule has 0 radical (unpaired) electrons. The van der Waals surface area contributed by atoms with E-state index >= 15 is 13.2 Å². The van der Waals surface area contributed by atoms with Crippen LogP contribution in [0.25, 0.3) is 33.4 Å². The summed E-state index contributed by atoms with van der Waals surface area (Å²) in [6.45, 7) is 16.4. The van der Waals surface area contributed by atoms with Crippen LogP contribution in [0.1, 0.15) is 82.7 Å². The summed E-state index contributed by atoms with van der Waals surface area (Å²) in [6.07, 6.45) is -0.541. The number of fused-ring (bicyclic) bond motifs is 7. The van der Waals surface area contributed by atoms with Gasteiger partial charge in [-0.3, -0.25) is 39.0 Å². The van der Waals surface area contributed by atoms with Crippen molar-refractivity contribution >= 4 is 51.6 Å². The Morgan fingerprint density at radius 2 is 1.85 bits per heavy atom. The van der Waals surface area contributed by atoms with E-state index in [-0.39, 0.29) is 54.7 Å². The van der Waals surface area contributed by atoms with Gasteiger partial charge in [0.05, 0.1) is 78.0 Å². The first-order valence-electron chi connectivity index (χ1n) is 27.8. The molecule has 3 amide bonds. The van der Waals surface area contributed by atoms with Crippen LogP contribution >= 0.6 is 11.3 Å². The number of likely N-dealkylation sites (tertiary alicyclic amines) is 2. The first-order valence-corrected chi connectivity index (χ1v) is 28.7.